The minimum atomic E-state index is -0.748. The molecule has 0 aliphatic carbocycles. The van der Waals surface area contributed by atoms with Gasteiger partial charge in [-0.15, -0.1) is 0 Å². The highest BCUT2D eigenvalue weighted by atomic mass is 16.7. The van der Waals surface area contributed by atoms with Crippen LogP contribution in [0, 0.1) is 21.4 Å². The van der Waals surface area contributed by atoms with Gasteiger partial charge in [0, 0.05) is 25.6 Å². The second-order valence-electron chi connectivity index (χ2n) is 6.46. The van der Waals surface area contributed by atoms with E-state index in [2.05, 4.69) is 0 Å². The van der Waals surface area contributed by atoms with Gasteiger partial charge in [-0.1, -0.05) is 18.2 Å². The summed E-state index contributed by atoms with van der Waals surface area (Å²) in [4.78, 5) is 39.6. The van der Waals surface area contributed by atoms with E-state index in [0.717, 1.165) is 10.6 Å². The highest BCUT2D eigenvalue weighted by Crippen LogP contribution is 2.16. The van der Waals surface area contributed by atoms with Crippen LogP contribution in [0.15, 0.2) is 54.6 Å². The molecule has 0 saturated heterocycles. The molecule has 0 aliphatic rings. The highest BCUT2D eigenvalue weighted by molar-refractivity contribution is 5.90. The van der Waals surface area contributed by atoms with Gasteiger partial charge < -0.3 is 4.74 Å². The van der Waals surface area contributed by atoms with E-state index in [0.29, 0.717) is 5.56 Å². The van der Waals surface area contributed by atoms with Gasteiger partial charge in [-0.05, 0) is 42.3 Å². The topological polar surface area (TPSA) is 123 Å². The average Bonchev–Trinajstić information content (AvgIpc) is 2.79. The highest BCUT2D eigenvalue weighted by Gasteiger charge is 2.18. The van der Waals surface area contributed by atoms with Gasteiger partial charge in [0.1, 0.15) is 6.10 Å². The molecule has 2 aromatic rings. The van der Waals surface area contributed by atoms with E-state index in [4.69, 9.17) is 14.8 Å². The van der Waals surface area contributed by atoms with Crippen LogP contribution in [0.4, 0.5) is 5.69 Å². The zero-order valence-corrected chi connectivity index (χ0v) is 17.1. The number of hydrogen-bond donors (Lipinski definition) is 0. The van der Waals surface area contributed by atoms with Crippen molar-refractivity contribution in [1.82, 2.24) is 5.06 Å². The van der Waals surface area contributed by atoms with E-state index in [1.807, 2.05) is 6.07 Å². The summed E-state index contributed by atoms with van der Waals surface area (Å²) in [7, 11) is 2.84. The Kier molecular flexibility index (Phi) is 8.42. The van der Waals surface area contributed by atoms with Gasteiger partial charge in [-0.2, -0.15) is 5.26 Å². The molecular formula is C22H21N3O6. The lowest BCUT2D eigenvalue weighted by Crippen LogP contribution is -2.27. The van der Waals surface area contributed by atoms with Crippen molar-refractivity contribution in [1.29, 1.82) is 5.26 Å². The predicted molar refractivity (Wildman–Crippen MR) is 112 cm³/mol. The molecule has 160 valence electrons. The fraction of sp³-hybridized carbons (Fsp3) is 0.227. The lowest BCUT2D eigenvalue weighted by Gasteiger charge is -2.17. The maximum atomic E-state index is 12.5. The predicted octanol–water partition coefficient (Wildman–Crippen LogP) is 3.51. The molecule has 2 aromatic carbocycles. The molecule has 0 spiro atoms. The first-order valence-corrected chi connectivity index (χ1v) is 9.28. The minimum absolute atomic E-state index is 0.0606. The molecule has 1 unspecified atom stereocenters. The Hall–Kier alpha value is -4.03. The molecule has 0 aromatic heterocycles. The van der Waals surface area contributed by atoms with Crippen LogP contribution in [0.3, 0.4) is 0 Å². The molecule has 0 N–H and O–H groups in total. The second-order valence-corrected chi connectivity index (χ2v) is 6.46. The first-order valence-electron chi connectivity index (χ1n) is 9.28. The molecule has 0 radical (unpaired) electrons. The molecule has 9 heteroatoms. The smallest absolute Gasteiger partial charge is 0.338 e. The van der Waals surface area contributed by atoms with Crippen molar-refractivity contribution in [2.45, 2.75) is 18.9 Å². The maximum absolute atomic E-state index is 12.5. The number of nitro benzene ring substituents is 1. The molecule has 0 aliphatic heterocycles. The zero-order valence-electron chi connectivity index (χ0n) is 17.1. The van der Waals surface area contributed by atoms with Crippen LogP contribution < -0.4 is 0 Å². The third kappa shape index (κ3) is 7.06. The summed E-state index contributed by atoms with van der Waals surface area (Å²) in [5, 5.41) is 20.9. The summed E-state index contributed by atoms with van der Waals surface area (Å²) < 4.78 is 5.51. The number of nitrogens with zero attached hydrogens (tertiary/aromatic N) is 3. The quantitative estimate of drug-likeness (QED) is 0.343. The molecule has 1 amide bonds. The third-order valence-corrected chi connectivity index (χ3v) is 4.36. The first-order chi connectivity index (χ1) is 14.8. The summed E-state index contributed by atoms with van der Waals surface area (Å²) in [5.41, 5.74) is 1.23. The fourth-order valence-corrected chi connectivity index (χ4v) is 2.57. The number of hydrogen-bond acceptors (Lipinski definition) is 7. The number of hydroxylamine groups is 2. The van der Waals surface area contributed by atoms with E-state index < -0.39 is 17.0 Å². The summed E-state index contributed by atoms with van der Waals surface area (Å²) in [6, 6.07) is 14.0. The van der Waals surface area contributed by atoms with Crippen LogP contribution in [-0.4, -0.2) is 42.1 Å². The average molecular weight is 423 g/mol. The number of rotatable bonds is 9. The number of esters is 1. The Morgan fingerprint density at radius 3 is 2.58 bits per heavy atom. The Morgan fingerprint density at radius 1 is 1.26 bits per heavy atom. The van der Waals surface area contributed by atoms with Crippen LogP contribution in [0.5, 0.6) is 0 Å². The van der Waals surface area contributed by atoms with Gasteiger partial charge in [0.05, 0.1) is 29.2 Å². The van der Waals surface area contributed by atoms with Crippen molar-refractivity contribution in [2.75, 3.05) is 14.2 Å². The number of non-ortho nitro benzene ring substituents is 1. The summed E-state index contributed by atoms with van der Waals surface area (Å²) in [5.74, 6) is -0.971. The SMILES string of the molecule is CON(C)C(=O)CCC(/C=C/c1cccc(C#N)c1)OC(=O)c1ccc([N+](=O)[O-])cc1. The van der Waals surface area contributed by atoms with Crippen LogP contribution in [0.25, 0.3) is 6.08 Å². The number of benzene rings is 2. The van der Waals surface area contributed by atoms with Crippen molar-refractivity contribution >= 4 is 23.6 Å². The van der Waals surface area contributed by atoms with Gasteiger partial charge >= 0.3 is 5.97 Å². The molecule has 9 nitrogen and oxygen atoms in total. The lowest BCUT2D eigenvalue weighted by molar-refractivity contribution is -0.384. The molecule has 0 heterocycles. The lowest BCUT2D eigenvalue weighted by atomic mass is 10.1. The Balaban J connectivity index is 2.16. The van der Waals surface area contributed by atoms with Crippen molar-refractivity contribution < 1.29 is 24.1 Å². The number of ether oxygens (including phenoxy) is 1. The van der Waals surface area contributed by atoms with Crippen LogP contribution in [0.2, 0.25) is 0 Å². The number of amides is 1. The van der Waals surface area contributed by atoms with E-state index in [1.165, 1.54) is 38.4 Å². The summed E-state index contributed by atoms with van der Waals surface area (Å²) in [6.07, 6.45) is 2.83. The Bertz CT molecular complexity index is 1010. The first kappa shape index (κ1) is 23.3. The van der Waals surface area contributed by atoms with E-state index >= 15 is 0 Å². The van der Waals surface area contributed by atoms with Gasteiger partial charge in [0.2, 0.25) is 5.91 Å². The number of nitriles is 1. The largest absolute Gasteiger partial charge is 0.455 e. The second kappa shape index (κ2) is 11.2. The fourth-order valence-electron chi connectivity index (χ4n) is 2.57. The van der Waals surface area contributed by atoms with Gasteiger partial charge in [0.15, 0.2) is 0 Å². The van der Waals surface area contributed by atoms with E-state index in [1.54, 1.807) is 36.4 Å². The standard InChI is InChI=1S/C22H21N3O6/c1-24(30-2)21(26)13-12-20(11-6-16-4-3-5-17(14-16)15-23)31-22(27)18-7-9-19(10-8-18)25(28)29/h3-11,14,20H,12-13H2,1-2H3/b11-6+. The molecule has 0 fully saturated rings. The van der Waals surface area contributed by atoms with Crippen molar-refractivity contribution in [2.24, 2.45) is 0 Å². The minimum Gasteiger partial charge on any atom is -0.455 e. The normalized spacial score (nSPS) is 11.5. The van der Waals surface area contributed by atoms with Gasteiger partial charge in [-0.3, -0.25) is 19.7 Å². The van der Waals surface area contributed by atoms with Crippen LogP contribution >= 0.6 is 0 Å². The number of carbonyl (C=O) groups excluding carboxylic acids is 2. The van der Waals surface area contributed by atoms with Crippen LogP contribution in [0.1, 0.15) is 34.3 Å². The zero-order chi connectivity index (χ0) is 22.8. The summed E-state index contributed by atoms with van der Waals surface area (Å²) in [6.45, 7) is 0. The Morgan fingerprint density at radius 2 is 1.97 bits per heavy atom. The molecule has 1 atom stereocenters. The van der Waals surface area contributed by atoms with Crippen LogP contribution in [-0.2, 0) is 14.4 Å². The van der Waals surface area contributed by atoms with E-state index in [-0.39, 0.29) is 30.0 Å². The van der Waals surface area contributed by atoms with E-state index in [9.17, 15) is 19.7 Å². The molecule has 0 saturated carbocycles. The van der Waals surface area contributed by atoms with Gasteiger partial charge in [0.25, 0.3) is 5.69 Å². The van der Waals surface area contributed by atoms with Crippen molar-refractivity contribution in [3.8, 4) is 6.07 Å². The van der Waals surface area contributed by atoms with Crippen molar-refractivity contribution in [3.63, 3.8) is 0 Å². The molecular weight excluding hydrogens is 402 g/mol. The number of nitro groups is 1. The monoisotopic (exact) mass is 423 g/mol. The molecule has 0 bridgehead atoms. The molecule has 31 heavy (non-hydrogen) atoms. The maximum Gasteiger partial charge on any atom is 0.338 e. The number of carbonyl (C=O) groups is 2. The Labute approximate surface area is 179 Å². The van der Waals surface area contributed by atoms with Gasteiger partial charge in [-0.25, -0.2) is 9.86 Å². The third-order valence-electron chi connectivity index (χ3n) is 4.36. The van der Waals surface area contributed by atoms with Crippen molar-refractivity contribution in [3.05, 3.63) is 81.4 Å². The summed E-state index contributed by atoms with van der Waals surface area (Å²) >= 11 is 0. The molecule has 2 rings (SSSR count).